The summed E-state index contributed by atoms with van der Waals surface area (Å²) in [4.78, 5) is 28.9. The van der Waals surface area contributed by atoms with Crippen LogP contribution in [0.1, 0.15) is 24.8 Å². The molecule has 20 heavy (non-hydrogen) atoms. The summed E-state index contributed by atoms with van der Waals surface area (Å²) in [7, 11) is 0. The van der Waals surface area contributed by atoms with Gasteiger partial charge in [-0.1, -0.05) is 30.3 Å². The Balaban J connectivity index is 1.69. The normalized spacial score (nSPS) is 18.9. The SMILES string of the molecule is O=C1CC(CN(Cc2ccccc2)C2CC2)=NC(=O)N1. The van der Waals surface area contributed by atoms with Gasteiger partial charge in [-0.3, -0.25) is 15.0 Å². The first-order valence-electron chi connectivity index (χ1n) is 6.89. The predicted molar refractivity (Wildman–Crippen MR) is 75.5 cm³/mol. The molecule has 0 aromatic heterocycles. The molecular formula is C15H17N3O2. The second-order valence-corrected chi connectivity index (χ2v) is 5.33. The fourth-order valence-corrected chi connectivity index (χ4v) is 2.46. The highest BCUT2D eigenvalue weighted by atomic mass is 16.2. The van der Waals surface area contributed by atoms with E-state index >= 15 is 0 Å². The molecule has 3 rings (SSSR count). The average Bonchev–Trinajstić information content (AvgIpc) is 3.22. The number of benzene rings is 1. The zero-order chi connectivity index (χ0) is 13.9. The van der Waals surface area contributed by atoms with Crippen LogP contribution in [0.5, 0.6) is 0 Å². The molecule has 1 aliphatic carbocycles. The van der Waals surface area contributed by atoms with Crippen LogP contribution < -0.4 is 5.32 Å². The van der Waals surface area contributed by atoms with Crippen molar-refractivity contribution in [3.05, 3.63) is 35.9 Å². The van der Waals surface area contributed by atoms with E-state index in [0.717, 1.165) is 6.54 Å². The molecule has 1 heterocycles. The van der Waals surface area contributed by atoms with Gasteiger partial charge in [-0.25, -0.2) is 9.79 Å². The number of urea groups is 1. The van der Waals surface area contributed by atoms with Gasteiger partial charge < -0.3 is 0 Å². The smallest absolute Gasteiger partial charge is 0.291 e. The van der Waals surface area contributed by atoms with Crippen LogP contribution in [-0.2, 0) is 11.3 Å². The first kappa shape index (κ1) is 13.0. The Labute approximate surface area is 117 Å². The monoisotopic (exact) mass is 271 g/mol. The number of imide groups is 1. The zero-order valence-electron chi connectivity index (χ0n) is 11.2. The lowest BCUT2D eigenvalue weighted by Gasteiger charge is -2.23. The van der Waals surface area contributed by atoms with Gasteiger partial charge in [0.05, 0.1) is 6.42 Å². The number of carbonyl (C=O) groups is 2. The summed E-state index contributed by atoms with van der Waals surface area (Å²) >= 11 is 0. The molecule has 1 saturated carbocycles. The van der Waals surface area contributed by atoms with Crippen LogP contribution in [0.15, 0.2) is 35.3 Å². The number of nitrogens with one attached hydrogen (secondary N) is 1. The van der Waals surface area contributed by atoms with Gasteiger partial charge in [0.15, 0.2) is 0 Å². The van der Waals surface area contributed by atoms with Crippen molar-refractivity contribution in [1.82, 2.24) is 10.2 Å². The fourth-order valence-electron chi connectivity index (χ4n) is 2.46. The van der Waals surface area contributed by atoms with Crippen molar-refractivity contribution < 1.29 is 9.59 Å². The van der Waals surface area contributed by atoms with Gasteiger partial charge in [0.25, 0.3) is 0 Å². The minimum atomic E-state index is -0.535. The Morgan fingerprint density at radius 2 is 1.90 bits per heavy atom. The number of amides is 3. The maximum atomic E-state index is 11.4. The van der Waals surface area contributed by atoms with Crippen LogP contribution in [0.25, 0.3) is 0 Å². The topological polar surface area (TPSA) is 61.8 Å². The first-order valence-corrected chi connectivity index (χ1v) is 6.89. The Hall–Kier alpha value is -2.01. The highest BCUT2D eigenvalue weighted by Crippen LogP contribution is 2.28. The number of nitrogens with zero attached hydrogens (tertiary/aromatic N) is 2. The summed E-state index contributed by atoms with van der Waals surface area (Å²) in [5.41, 5.74) is 1.91. The molecule has 5 nitrogen and oxygen atoms in total. The van der Waals surface area contributed by atoms with Crippen molar-refractivity contribution in [2.45, 2.75) is 31.8 Å². The van der Waals surface area contributed by atoms with E-state index < -0.39 is 6.03 Å². The molecule has 1 aliphatic heterocycles. The zero-order valence-corrected chi connectivity index (χ0v) is 11.2. The summed E-state index contributed by atoms with van der Waals surface area (Å²) in [6.45, 7) is 1.43. The molecule has 5 heteroatoms. The largest absolute Gasteiger partial charge is 0.347 e. The quantitative estimate of drug-likeness (QED) is 0.887. The Morgan fingerprint density at radius 3 is 2.55 bits per heavy atom. The molecule has 3 amide bonds. The molecule has 0 radical (unpaired) electrons. The molecule has 1 fully saturated rings. The molecule has 1 N–H and O–H groups in total. The molecule has 0 atom stereocenters. The molecule has 0 bridgehead atoms. The average molecular weight is 271 g/mol. The van der Waals surface area contributed by atoms with Crippen LogP contribution in [0, 0.1) is 0 Å². The number of aliphatic imine (C=N–C) groups is 1. The highest BCUT2D eigenvalue weighted by molar-refractivity contribution is 6.14. The Bertz CT molecular complexity index is 549. The second-order valence-electron chi connectivity index (χ2n) is 5.33. The van der Waals surface area contributed by atoms with E-state index in [4.69, 9.17) is 0 Å². The molecule has 104 valence electrons. The van der Waals surface area contributed by atoms with Crippen molar-refractivity contribution in [3.63, 3.8) is 0 Å². The molecule has 1 aromatic rings. The highest BCUT2D eigenvalue weighted by Gasteiger charge is 2.31. The van der Waals surface area contributed by atoms with Gasteiger partial charge in [0.2, 0.25) is 5.91 Å². The maximum absolute atomic E-state index is 11.4. The maximum Gasteiger partial charge on any atom is 0.347 e. The minimum absolute atomic E-state index is 0.226. The van der Waals surface area contributed by atoms with Crippen molar-refractivity contribution in [1.29, 1.82) is 0 Å². The van der Waals surface area contributed by atoms with Crippen molar-refractivity contribution >= 4 is 17.6 Å². The summed E-state index contributed by atoms with van der Waals surface area (Å²) in [6.07, 6.45) is 2.59. The van der Waals surface area contributed by atoms with Gasteiger partial charge in [-0.2, -0.15) is 0 Å². The van der Waals surface area contributed by atoms with Gasteiger partial charge in [0, 0.05) is 24.8 Å². The lowest BCUT2D eigenvalue weighted by atomic mass is 10.1. The molecule has 2 aliphatic rings. The first-order chi connectivity index (χ1) is 9.70. The van der Waals surface area contributed by atoms with Crippen LogP contribution in [0.3, 0.4) is 0 Å². The van der Waals surface area contributed by atoms with Crippen LogP contribution in [-0.4, -0.2) is 35.1 Å². The summed E-state index contributed by atoms with van der Waals surface area (Å²) in [5.74, 6) is -0.254. The van der Waals surface area contributed by atoms with Gasteiger partial charge in [-0.05, 0) is 18.4 Å². The lowest BCUT2D eigenvalue weighted by molar-refractivity contribution is -0.119. The third kappa shape index (κ3) is 3.30. The Kier molecular flexibility index (Phi) is 3.60. The van der Waals surface area contributed by atoms with Crippen LogP contribution in [0.2, 0.25) is 0 Å². The standard InChI is InChI=1S/C15H17N3O2/c19-14-8-12(16-15(20)17-14)10-18(13-6-7-13)9-11-4-2-1-3-5-11/h1-5,13H,6-10H2,(H,17,19,20). The van der Waals surface area contributed by atoms with Gasteiger partial charge in [0.1, 0.15) is 0 Å². The second kappa shape index (κ2) is 5.54. The van der Waals surface area contributed by atoms with E-state index in [1.54, 1.807) is 0 Å². The summed E-state index contributed by atoms with van der Waals surface area (Å²) in [6, 6.07) is 10.3. The number of rotatable bonds is 5. The van der Waals surface area contributed by atoms with Gasteiger partial charge in [-0.15, -0.1) is 0 Å². The Morgan fingerprint density at radius 1 is 1.15 bits per heavy atom. The van der Waals surface area contributed by atoms with E-state index in [9.17, 15) is 9.59 Å². The van der Waals surface area contributed by atoms with Crippen molar-refractivity contribution in [2.24, 2.45) is 4.99 Å². The van der Waals surface area contributed by atoms with Crippen molar-refractivity contribution in [3.8, 4) is 0 Å². The predicted octanol–water partition coefficient (Wildman–Crippen LogP) is 1.73. The fraction of sp³-hybridized carbons (Fsp3) is 0.400. The number of carbonyl (C=O) groups excluding carboxylic acids is 2. The van der Waals surface area contributed by atoms with Crippen LogP contribution in [0.4, 0.5) is 4.79 Å². The van der Waals surface area contributed by atoms with Crippen LogP contribution >= 0.6 is 0 Å². The van der Waals surface area contributed by atoms with E-state index in [1.165, 1.54) is 18.4 Å². The van der Waals surface area contributed by atoms with E-state index in [1.807, 2.05) is 18.2 Å². The molecule has 0 saturated heterocycles. The molecular weight excluding hydrogens is 254 g/mol. The minimum Gasteiger partial charge on any atom is -0.291 e. The van der Waals surface area contributed by atoms with E-state index in [2.05, 4.69) is 27.3 Å². The third-order valence-electron chi connectivity index (χ3n) is 3.55. The van der Waals surface area contributed by atoms with Gasteiger partial charge >= 0.3 is 6.03 Å². The van der Waals surface area contributed by atoms with E-state index in [0.29, 0.717) is 18.3 Å². The number of hydrogen-bond acceptors (Lipinski definition) is 3. The summed E-state index contributed by atoms with van der Waals surface area (Å²) in [5, 5.41) is 2.19. The lowest BCUT2D eigenvalue weighted by Crippen LogP contribution is -2.40. The summed E-state index contributed by atoms with van der Waals surface area (Å²) < 4.78 is 0. The third-order valence-corrected chi connectivity index (χ3v) is 3.55. The van der Waals surface area contributed by atoms with E-state index in [-0.39, 0.29) is 12.3 Å². The molecule has 1 aromatic carbocycles. The molecule has 0 unspecified atom stereocenters. The molecule has 0 spiro atoms. The van der Waals surface area contributed by atoms with Crippen molar-refractivity contribution in [2.75, 3.05) is 6.54 Å². The number of hydrogen-bond donors (Lipinski definition) is 1.